The molecule has 0 unspecified atom stereocenters. The smallest absolute Gasteiger partial charge is 0.243 e. The van der Waals surface area contributed by atoms with E-state index in [9.17, 15) is 4.79 Å². The number of amides is 1. The van der Waals surface area contributed by atoms with E-state index < -0.39 is 0 Å². The Kier molecular flexibility index (Phi) is 4.28. The van der Waals surface area contributed by atoms with Crippen molar-refractivity contribution in [1.82, 2.24) is 5.32 Å². The van der Waals surface area contributed by atoms with Gasteiger partial charge < -0.3 is 19.5 Å². The first kappa shape index (κ1) is 13.3. The normalized spacial score (nSPS) is 13.4. The van der Waals surface area contributed by atoms with Crippen LogP contribution in [-0.4, -0.2) is 32.8 Å². The summed E-state index contributed by atoms with van der Waals surface area (Å²) in [6, 6.07) is 3.63. The van der Waals surface area contributed by atoms with Crippen molar-refractivity contribution >= 4 is 12.0 Å². The lowest BCUT2D eigenvalue weighted by Gasteiger charge is -2.20. The molecule has 2 rings (SSSR count). The average molecular weight is 263 g/mol. The maximum absolute atomic E-state index is 11.4. The summed E-state index contributed by atoms with van der Waals surface area (Å²) < 4.78 is 16.3. The molecule has 102 valence electrons. The molecule has 1 heterocycles. The molecule has 5 nitrogen and oxygen atoms in total. The van der Waals surface area contributed by atoms with E-state index in [1.807, 2.05) is 19.1 Å². The van der Waals surface area contributed by atoms with Gasteiger partial charge in [0.05, 0.1) is 7.11 Å². The van der Waals surface area contributed by atoms with Crippen LogP contribution >= 0.6 is 0 Å². The van der Waals surface area contributed by atoms with Crippen molar-refractivity contribution in [1.29, 1.82) is 0 Å². The van der Waals surface area contributed by atoms with Gasteiger partial charge in [-0.25, -0.2) is 0 Å². The molecule has 0 bridgehead atoms. The number of methoxy groups -OCH3 is 1. The highest BCUT2D eigenvalue weighted by Crippen LogP contribution is 2.40. The third-order valence-electron chi connectivity index (χ3n) is 2.63. The van der Waals surface area contributed by atoms with Crippen LogP contribution < -0.4 is 19.5 Å². The molecule has 1 aromatic carbocycles. The first-order valence-corrected chi connectivity index (χ1v) is 6.18. The van der Waals surface area contributed by atoms with E-state index in [4.69, 9.17) is 14.2 Å². The number of likely N-dealkylation sites (N-methyl/N-ethyl adjacent to an activating group) is 1. The molecule has 1 aliphatic rings. The number of carbonyl (C=O) groups is 1. The quantitative estimate of drug-likeness (QED) is 0.839. The van der Waals surface area contributed by atoms with E-state index >= 15 is 0 Å². The number of fused-ring (bicyclic) bond motifs is 1. The van der Waals surface area contributed by atoms with Crippen molar-refractivity contribution in [3.63, 3.8) is 0 Å². The fourth-order valence-electron chi connectivity index (χ4n) is 1.79. The molecule has 0 radical (unpaired) electrons. The summed E-state index contributed by atoms with van der Waals surface area (Å²) in [6.07, 6.45) is 3.19. The summed E-state index contributed by atoms with van der Waals surface area (Å²) in [5, 5.41) is 2.69. The van der Waals surface area contributed by atoms with E-state index in [1.165, 1.54) is 6.08 Å². The van der Waals surface area contributed by atoms with Gasteiger partial charge in [-0.3, -0.25) is 4.79 Å². The number of rotatable bonds is 4. The third-order valence-corrected chi connectivity index (χ3v) is 2.63. The van der Waals surface area contributed by atoms with Gasteiger partial charge >= 0.3 is 0 Å². The summed E-state index contributed by atoms with van der Waals surface area (Å²) in [5.74, 6) is 1.73. The van der Waals surface area contributed by atoms with E-state index in [2.05, 4.69) is 5.32 Å². The van der Waals surface area contributed by atoms with Crippen LogP contribution in [0.2, 0.25) is 0 Å². The minimum Gasteiger partial charge on any atom is -0.493 e. The van der Waals surface area contributed by atoms with E-state index in [0.29, 0.717) is 37.0 Å². The minimum atomic E-state index is -0.128. The lowest BCUT2D eigenvalue weighted by atomic mass is 10.1. The van der Waals surface area contributed by atoms with Crippen molar-refractivity contribution in [2.24, 2.45) is 0 Å². The van der Waals surface area contributed by atoms with Gasteiger partial charge in [0.1, 0.15) is 13.2 Å². The Bertz CT molecular complexity index is 479. The van der Waals surface area contributed by atoms with E-state index in [0.717, 1.165) is 5.56 Å². The lowest BCUT2D eigenvalue weighted by molar-refractivity contribution is -0.116. The van der Waals surface area contributed by atoms with Gasteiger partial charge in [-0.05, 0) is 30.7 Å². The van der Waals surface area contributed by atoms with Crippen LogP contribution in [0.4, 0.5) is 0 Å². The second-order valence-electron chi connectivity index (χ2n) is 3.98. The van der Waals surface area contributed by atoms with Crippen LogP contribution in [0.25, 0.3) is 6.08 Å². The van der Waals surface area contributed by atoms with Crippen LogP contribution in [0.5, 0.6) is 17.2 Å². The van der Waals surface area contributed by atoms with Crippen molar-refractivity contribution < 1.29 is 19.0 Å². The first-order valence-electron chi connectivity index (χ1n) is 6.18. The second-order valence-corrected chi connectivity index (χ2v) is 3.98. The fourth-order valence-corrected chi connectivity index (χ4v) is 1.79. The fraction of sp³-hybridized carbons (Fsp3) is 0.357. The Labute approximate surface area is 112 Å². The Balaban J connectivity index is 2.24. The topological polar surface area (TPSA) is 56.8 Å². The predicted molar refractivity (Wildman–Crippen MR) is 71.7 cm³/mol. The van der Waals surface area contributed by atoms with Crippen molar-refractivity contribution in [2.45, 2.75) is 6.92 Å². The second kappa shape index (κ2) is 6.13. The highest BCUT2D eigenvalue weighted by atomic mass is 16.6. The van der Waals surface area contributed by atoms with Crippen molar-refractivity contribution in [3.05, 3.63) is 23.8 Å². The van der Waals surface area contributed by atoms with Crippen LogP contribution in [0.1, 0.15) is 12.5 Å². The highest BCUT2D eigenvalue weighted by Gasteiger charge is 2.17. The Morgan fingerprint density at radius 1 is 1.42 bits per heavy atom. The standard InChI is InChI=1S/C14H17NO4/c1-3-15-13(16)5-4-10-8-11(17-2)14-12(9-10)18-6-7-19-14/h4-5,8-9H,3,6-7H2,1-2H3,(H,15,16)/b5-4+. The van der Waals surface area contributed by atoms with E-state index in [-0.39, 0.29) is 5.91 Å². The molecule has 0 atom stereocenters. The summed E-state index contributed by atoms with van der Waals surface area (Å²) in [5.41, 5.74) is 0.826. The number of benzene rings is 1. The molecule has 0 spiro atoms. The van der Waals surface area contributed by atoms with Crippen molar-refractivity contribution in [3.8, 4) is 17.2 Å². The molecular weight excluding hydrogens is 246 g/mol. The first-order chi connectivity index (χ1) is 9.24. The zero-order valence-electron chi connectivity index (χ0n) is 11.1. The number of hydrogen-bond donors (Lipinski definition) is 1. The van der Waals surface area contributed by atoms with Crippen LogP contribution in [0.15, 0.2) is 18.2 Å². The number of carbonyl (C=O) groups excluding carboxylic acids is 1. The van der Waals surface area contributed by atoms with Gasteiger partial charge in [-0.1, -0.05) is 0 Å². The summed E-state index contributed by atoms with van der Waals surface area (Å²) in [4.78, 5) is 11.4. The van der Waals surface area contributed by atoms with Gasteiger partial charge in [-0.15, -0.1) is 0 Å². The minimum absolute atomic E-state index is 0.128. The zero-order valence-corrected chi connectivity index (χ0v) is 11.1. The molecule has 0 aromatic heterocycles. The molecule has 0 saturated heterocycles. The monoisotopic (exact) mass is 263 g/mol. The molecule has 1 N–H and O–H groups in total. The largest absolute Gasteiger partial charge is 0.493 e. The maximum Gasteiger partial charge on any atom is 0.243 e. The van der Waals surface area contributed by atoms with Gasteiger partial charge in [-0.2, -0.15) is 0 Å². The van der Waals surface area contributed by atoms with Gasteiger partial charge in [0.2, 0.25) is 11.7 Å². The SMILES string of the molecule is CCNC(=O)/C=C/c1cc(OC)c2c(c1)OCCO2. The summed E-state index contributed by atoms with van der Waals surface area (Å²) >= 11 is 0. The number of hydrogen-bond acceptors (Lipinski definition) is 4. The number of ether oxygens (including phenoxy) is 3. The highest BCUT2D eigenvalue weighted by molar-refractivity contribution is 5.91. The van der Waals surface area contributed by atoms with Gasteiger partial charge in [0, 0.05) is 12.6 Å². The Morgan fingerprint density at radius 3 is 2.95 bits per heavy atom. The van der Waals surface area contributed by atoms with E-state index in [1.54, 1.807) is 13.2 Å². The molecular formula is C14H17NO4. The van der Waals surface area contributed by atoms with Gasteiger partial charge in [0.15, 0.2) is 11.5 Å². The third kappa shape index (κ3) is 3.19. The summed E-state index contributed by atoms with van der Waals surface area (Å²) in [6.45, 7) is 3.50. The molecule has 0 saturated carbocycles. The molecule has 0 fully saturated rings. The van der Waals surface area contributed by atoms with Crippen molar-refractivity contribution in [2.75, 3.05) is 26.9 Å². The molecule has 1 aliphatic heterocycles. The Morgan fingerprint density at radius 2 is 2.21 bits per heavy atom. The molecule has 5 heteroatoms. The van der Waals surface area contributed by atoms with Gasteiger partial charge in [0.25, 0.3) is 0 Å². The lowest BCUT2D eigenvalue weighted by Crippen LogP contribution is -2.19. The van der Waals surface area contributed by atoms with Crippen LogP contribution in [0.3, 0.4) is 0 Å². The van der Waals surface area contributed by atoms with Crippen LogP contribution in [-0.2, 0) is 4.79 Å². The molecule has 19 heavy (non-hydrogen) atoms. The van der Waals surface area contributed by atoms with Crippen LogP contribution in [0, 0.1) is 0 Å². The molecule has 1 aromatic rings. The number of nitrogens with one attached hydrogen (secondary N) is 1. The maximum atomic E-state index is 11.4. The molecule has 1 amide bonds. The molecule has 0 aliphatic carbocycles. The summed E-state index contributed by atoms with van der Waals surface area (Å²) in [7, 11) is 1.57. The Hall–Kier alpha value is -2.17. The zero-order chi connectivity index (χ0) is 13.7. The predicted octanol–water partition coefficient (Wildman–Crippen LogP) is 1.62. The average Bonchev–Trinajstić information content (AvgIpc) is 2.44.